The summed E-state index contributed by atoms with van der Waals surface area (Å²) in [6.07, 6.45) is 4.98. The molecule has 4 aromatic carbocycles. The van der Waals surface area contributed by atoms with E-state index in [2.05, 4.69) is 77.5 Å². The van der Waals surface area contributed by atoms with Crippen molar-refractivity contribution in [2.75, 3.05) is 49.4 Å². The number of hydrogen-bond donors (Lipinski definition) is 1. The Morgan fingerprint density at radius 2 is 0.908 bits per heavy atom. The molecule has 10 aromatic rings. The minimum atomic E-state index is -3.61. The van der Waals surface area contributed by atoms with Crippen LogP contribution >= 0.6 is 81.3 Å². The Balaban J connectivity index is 0.000000182. The van der Waals surface area contributed by atoms with Gasteiger partial charge in [0.05, 0.1) is 48.3 Å². The van der Waals surface area contributed by atoms with Crippen molar-refractivity contribution < 1.29 is 46.1 Å². The molecule has 6 aromatic heterocycles. The van der Waals surface area contributed by atoms with E-state index in [0.717, 1.165) is 69.4 Å². The van der Waals surface area contributed by atoms with Gasteiger partial charge < -0.3 is 14.6 Å². The van der Waals surface area contributed by atoms with Crippen molar-refractivity contribution in [3.8, 4) is 51.0 Å². The van der Waals surface area contributed by atoms with E-state index in [4.69, 9.17) is 9.47 Å². The molecular weight excluding hydrogens is 1300 g/mol. The Bertz CT molecular complexity index is 3930. The number of hydrogen-bond acceptors (Lipinski definition) is 19. The first-order chi connectivity index (χ1) is 35.9. The summed E-state index contributed by atoms with van der Waals surface area (Å²) in [5.41, 5.74) is 4.73. The molecule has 0 saturated heterocycles. The Kier molecular flexibility index (Phi) is 18.7. The average Bonchev–Trinajstić information content (AvgIpc) is 4.24. The number of esters is 1. The van der Waals surface area contributed by atoms with Crippen molar-refractivity contribution in [2.24, 2.45) is 0 Å². The molecule has 0 radical (unpaired) electrons. The largest absolute Gasteiger partial charge is 0.508 e. The number of methoxy groups -OCH3 is 1. The third-order valence-electron chi connectivity index (χ3n) is 10.0. The number of aromatic hydroxyl groups is 1. The van der Waals surface area contributed by atoms with Gasteiger partial charge in [0.1, 0.15) is 17.2 Å². The monoisotopic (exact) mass is 1340 g/mol. The number of carbonyl (C=O) groups excluding carboxylic acids is 1. The van der Waals surface area contributed by atoms with E-state index in [1.165, 1.54) is 55.8 Å². The molecule has 32 heteroatoms. The summed E-state index contributed by atoms with van der Waals surface area (Å²) in [4.78, 5) is 26.9. The highest BCUT2D eigenvalue weighted by molar-refractivity contribution is 9.69. The molecule has 0 atom stereocenters. The lowest BCUT2D eigenvalue weighted by Crippen LogP contribution is -2.22. The van der Waals surface area contributed by atoms with Crippen LogP contribution in [0.3, 0.4) is 0 Å². The summed E-state index contributed by atoms with van der Waals surface area (Å²) in [6, 6.07) is 29.9. The zero-order valence-electron chi connectivity index (χ0n) is 40.7. The van der Waals surface area contributed by atoms with Gasteiger partial charge in [-0.2, -0.15) is 0 Å². The van der Waals surface area contributed by atoms with Crippen LogP contribution in [0.15, 0.2) is 135 Å². The average molecular weight is 1340 g/mol. The number of ether oxygens (including phenoxy) is 2. The molecule has 0 aliphatic carbocycles. The van der Waals surface area contributed by atoms with Gasteiger partial charge >= 0.3 is 9.15 Å². The molecule has 22 nitrogen and oxygen atoms in total. The van der Waals surface area contributed by atoms with Crippen molar-refractivity contribution in [2.45, 2.75) is 13.0 Å². The van der Waals surface area contributed by atoms with Crippen LogP contribution in [0.25, 0.3) is 48.7 Å². The van der Waals surface area contributed by atoms with Crippen molar-refractivity contribution in [3.05, 3.63) is 127 Å². The Labute approximate surface area is 474 Å². The van der Waals surface area contributed by atoms with E-state index >= 15 is 0 Å². The van der Waals surface area contributed by atoms with E-state index in [9.17, 15) is 35.2 Å². The van der Waals surface area contributed by atoms with Gasteiger partial charge in [0.15, 0.2) is 0 Å². The fourth-order valence-electron chi connectivity index (χ4n) is 6.15. The van der Waals surface area contributed by atoms with Crippen LogP contribution < -0.4 is 9.47 Å². The van der Waals surface area contributed by atoms with Crippen molar-refractivity contribution in [1.82, 2.24) is 56.7 Å². The molecule has 0 amide bonds. The van der Waals surface area contributed by atoms with Gasteiger partial charge in [-0.15, -0.1) is 62.6 Å². The maximum absolute atomic E-state index is 12.2. The van der Waals surface area contributed by atoms with E-state index in [0.29, 0.717) is 43.3 Å². The molecule has 76 heavy (non-hydrogen) atoms. The number of sulfonamides is 3. The summed E-state index contributed by atoms with van der Waals surface area (Å²) >= 11 is 12.3. The van der Waals surface area contributed by atoms with Crippen LogP contribution in [0.2, 0.25) is 0 Å². The molecular formula is C44H44BBr3N12O10S6. The van der Waals surface area contributed by atoms with Gasteiger partial charge in [0.2, 0.25) is 27.9 Å². The fourth-order valence-corrected chi connectivity index (χ4v) is 12.8. The van der Waals surface area contributed by atoms with Gasteiger partial charge in [-0.3, -0.25) is 0 Å². The lowest BCUT2D eigenvalue weighted by atomic mass is 10.1. The second kappa shape index (κ2) is 24.4. The molecule has 0 bridgehead atoms. The Morgan fingerprint density at radius 3 is 1.26 bits per heavy atom. The quantitative estimate of drug-likeness (QED) is 0.0683. The number of halogens is 3. The maximum atomic E-state index is 12.2. The zero-order valence-corrected chi connectivity index (χ0v) is 50.4. The van der Waals surface area contributed by atoms with E-state index in [-0.39, 0.29) is 23.4 Å². The molecule has 0 aliphatic rings. The van der Waals surface area contributed by atoms with Crippen molar-refractivity contribution in [3.63, 3.8) is 0 Å². The number of carbonyl (C=O) groups is 1. The van der Waals surface area contributed by atoms with Crippen LogP contribution in [-0.2, 0) is 30.1 Å². The smallest absolute Gasteiger partial charge is 0.369 e. The topological polar surface area (TPSA) is 258 Å². The summed E-state index contributed by atoms with van der Waals surface area (Å²) < 4.78 is 91.1. The highest BCUT2D eigenvalue weighted by Gasteiger charge is 2.26. The Hall–Kier alpha value is -5.52. The number of aromatic nitrogens is 9. The predicted octanol–water partition coefficient (Wildman–Crippen LogP) is 8.46. The first-order valence-electron chi connectivity index (χ1n) is 21.5. The van der Waals surface area contributed by atoms with Crippen LogP contribution in [0.1, 0.15) is 11.8 Å². The third kappa shape index (κ3) is 13.8. The van der Waals surface area contributed by atoms with Crippen LogP contribution in [0.5, 0.6) is 17.2 Å². The number of nitrogens with zero attached hydrogens (tertiary/aromatic N) is 12. The molecule has 0 spiro atoms. The van der Waals surface area contributed by atoms with Gasteiger partial charge in [-0.25, -0.2) is 71.5 Å². The van der Waals surface area contributed by atoms with Gasteiger partial charge in [0.25, 0.3) is 30.1 Å². The minimum Gasteiger partial charge on any atom is -0.508 e. The fraction of sp³-hybridized carbons (Fsp3) is 0.159. The highest BCUT2D eigenvalue weighted by atomic mass is 79.9. The molecule has 0 unspecified atom stereocenters. The second-order valence-electron chi connectivity index (χ2n) is 15.8. The number of rotatable bonds is 12. The Morgan fingerprint density at radius 1 is 0.553 bits per heavy atom. The summed E-state index contributed by atoms with van der Waals surface area (Å²) in [7, 11) is -0.336. The highest BCUT2D eigenvalue weighted by Crippen LogP contribution is 2.31. The van der Waals surface area contributed by atoms with Crippen LogP contribution in [0, 0.1) is 0 Å². The van der Waals surface area contributed by atoms with Gasteiger partial charge in [-0.1, -0.05) is 88.6 Å². The molecule has 10 rings (SSSR count). The summed E-state index contributed by atoms with van der Waals surface area (Å²) in [5, 5.41) is 21.8. The van der Waals surface area contributed by atoms with Crippen molar-refractivity contribution in [1.29, 1.82) is 0 Å². The van der Waals surface area contributed by atoms with Crippen LogP contribution in [0.4, 0.5) is 0 Å². The van der Waals surface area contributed by atoms with Crippen molar-refractivity contribution >= 4 is 135 Å². The first kappa shape index (κ1) is 58.2. The number of phenols is 1. The third-order valence-corrected chi connectivity index (χ3v) is 19.3. The lowest BCUT2D eigenvalue weighted by Gasteiger charge is -2.06. The summed E-state index contributed by atoms with van der Waals surface area (Å²) in [5.74, 6) is 0.815. The molecule has 1 N–H and O–H groups in total. The lowest BCUT2D eigenvalue weighted by molar-refractivity contribution is 0.0734. The second-order valence-corrected chi connectivity index (χ2v) is 32.1. The normalized spacial score (nSPS) is 11.8. The van der Waals surface area contributed by atoms with Gasteiger partial charge in [-0.05, 0) is 48.5 Å². The van der Waals surface area contributed by atoms with E-state index in [1.807, 2.05) is 42.5 Å². The first-order valence-corrected chi connectivity index (χ1v) is 31.0. The van der Waals surface area contributed by atoms with Crippen LogP contribution in [-0.4, -0.2) is 146 Å². The zero-order chi connectivity index (χ0) is 55.3. The van der Waals surface area contributed by atoms with Gasteiger partial charge in [0, 0.05) is 60.4 Å². The number of benzene rings is 4. The molecule has 0 fully saturated rings. The maximum Gasteiger partial charge on any atom is 0.369 e. The number of phenolic OH excluding ortho intramolecular Hbond substituents is 1. The standard InChI is InChI=1S/C19H16N4O4S2.C13H14N4O3S2.C12H12N4O3S2.BBr3.H2/c1-22(2)29(25,26)19-21-23-12-16(20-18(23)28-19)14-9-6-10-15(11-14)27-17(24)13-7-4-3-5-8-13;1-16(2)22(18,19)13-15-17-8-11(14-12(17)21-13)9-5-4-6-10(7-9)20-3;1-15(2)21(18,19)12-14-16-7-10(13-11(16)20-12)8-4-3-5-9(17)6-8;2-1(3)4;/h3-12H,1-2H3;4-8H,1-3H3;3-7,17H,1-2H3;;1H/i;;;;1+1. The predicted molar refractivity (Wildman–Crippen MR) is 306 cm³/mol. The number of fused-ring (bicyclic) bond motifs is 3. The summed E-state index contributed by atoms with van der Waals surface area (Å²) in [6.45, 7) is 0. The molecule has 0 aliphatic heterocycles. The van der Waals surface area contributed by atoms with E-state index < -0.39 is 36.0 Å². The van der Waals surface area contributed by atoms with E-state index in [1.54, 1.807) is 86.4 Å². The molecule has 0 saturated carbocycles. The SMILES string of the molecule is BrB(Br)Br.CN(C)S(=O)(=O)c1nn2cc(-c3cccc(O)c3)nc2s1.CN(C)S(=O)(=O)c1nn2cc(-c3cccc(OC(=O)c4ccccc4)c3)nc2s1.COc1cccc(-c2cn3nc(S(=O)(=O)N(C)C)sc3n2)c1.[2HH]. The minimum absolute atomic E-state index is 0. The number of imidazole rings is 3. The molecule has 6 heterocycles. The molecule has 400 valence electrons.